The van der Waals surface area contributed by atoms with Crippen LogP contribution in [0.3, 0.4) is 0 Å². The third-order valence-electron chi connectivity index (χ3n) is 4.56. The van der Waals surface area contributed by atoms with Crippen LogP contribution < -0.4 is 19.5 Å². The van der Waals surface area contributed by atoms with Gasteiger partial charge in [0, 0.05) is 6.07 Å². The molecule has 1 aliphatic rings. The van der Waals surface area contributed by atoms with Gasteiger partial charge in [-0.05, 0) is 50.4 Å². The minimum atomic E-state index is 0.288. The van der Waals surface area contributed by atoms with Gasteiger partial charge in [0.25, 0.3) is 0 Å². The molecule has 1 heterocycles. The molecule has 0 spiro atoms. The van der Waals surface area contributed by atoms with E-state index in [0.29, 0.717) is 18.4 Å². The van der Waals surface area contributed by atoms with E-state index in [2.05, 4.69) is 38.7 Å². The summed E-state index contributed by atoms with van der Waals surface area (Å²) in [5, 5.41) is 3.46. The maximum absolute atomic E-state index is 5.93. The van der Waals surface area contributed by atoms with Crippen molar-refractivity contribution >= 4 is 0 Å². The van der Waals surface area contributed by atoms with Crippen LogP contribution in [0, 0.1) is 11.8 Å². The van der Waals surface area contributed by atoms with Gasteiger partial charge in [-0.3, -0.25) is 0 Å². The highest BCUT2D eigenvalue weighted by atomic mass is 16.7. The second-order valence-electron chi connectivity index (χ2n) is 6.16. The summed E-state index contributed by atoms with van der Waals surface area (Å²) in [6, 6.07) is 5.72. The van der Waals surface area contributed by atoms with Crippen LogP contribution in [0.4, 0.5) is 0 Å². The molecule has 0 aliphatic carbocycles. The Hall–Kier alpha value is -1.94. The van der Waals surface area contributed by atoms with Gasteiger partial charge < -0.3 is 19.5 Å². The third-order valence-corrected chi connectivity index (χ3v) is 4.56. The van der Waals surface area contributed by atoms with Crippen molar-refractivity contribution < 1.29 is 14.2 Å². The number of fused-ring (bicyclic) bond motifs is 1. The first-order chi connectivity index (χ1) is 11.7. The van der Waals surface area contributed by atoms with Crippen molar-refractivity contribution in [2.24, 2.45) is 11.8 Å². The van der Waals surface area contributed by atoms with Crippen LogP contribution in [-0.2, 0) is 0 Å². The van der Waals surface area contributed by atoms with Gasteiger partial charge in [0.1, 0.15) is 5.75 Å². The zero-order chi connectivity index (χ0) is 17.4. The number of hydrogen-bond donors (Lipinski definition) is 1. The Morgan fingerprint density at radius 3 is 2.92 bits per heavy atom. The lowest BCUT2D eigenvalue weighted by molar-refractivity contribution is 0.173. The van der Waals surface area contributed by atoms with Gasteiger partial charge in [0.2, 0.25) is 6.79 Å². The quantitative estimate of drug-likeness (QED) is 0.653. The summed E-state index contributed by atoms with van der Waals surface area (Å²) in [6.07, 6.45) is 4.95. The number of rotatable bonds is 10. The van der Waals surface area contributed by atoms with E-state index in [1.165, 1.54) is 5.57 Å². The Labute approximate surface area is 145 Å². The maximum Gasteiger partial charge on any atom is 0.231 e. The van der Waals surface area contributed by atoms with Crippen LogP contribution in [-0.4, -0.2) is 26.5 Å². The molecule has 2 unspecified atom stereocenters. The molecule has 1 aromatic carbocycles. The van der Waals surface area contributed by atoms with Crippen molar-refractivity contribution in [1.82, 2.24) is 5.32 Å². The van der Waals surface area contributed by atoms with Gasteiger partial charge in [0.05, 0.1) is 6.61 Å². The lowest BCUT2D eigenvalue weighted by atomic mass is 9.85. The second-order valence-corrected chi connectivity index (χ2v) is 6.16. The van der Waals surface area contributed by atoms with Crippen molar-refractivity contribution in [2.75, 3.05) is 26.5 Å². The monoisotopic (exact) mass is 331 g/mol. The predicted molar refractivity (Wildman–Crippen MR) is 97.8 cm³/mol. The Morgan fingerprint density at radius 1 is 1.38 bits per heavy atom. The smallest absolute Gasteiger partial charge is 0.231 e. The summed E-state index contributed by atoms with van der Waals surface area (Å²) in [4.78, 5) is 0. The van der Waals surface area contributed by atoms with E-state index in [1.54, 1.807) is 0 Å². The summed E-state index contributed by atoms with van der Waals surface area (Å²) in [6.45, 7) is 13.3. The molecule has 24 heavy (non-hydrogen) atoms. The molecule has 1 N–H and O–H groups in total. The molecule has 0 saturated carbocycles. The molecule has 0 amide bonds. The van der Waals surface area contributed by atoms with Crippen LogP contribution >= 0.6 is 0 Å². The van der Waals surface area contributed by atoms with Gasteiger partial charge >= 0.3 is 0 Å². The first kappa shape index (κ1) is 18.4. The van der Waals surface area contributed by atoms with Gasteiger partial charge in [-0.25, -0.2) is 0 Å². The fourth-order valence-electron chi connectivity index (χ4n) is 2.86. The molecule has 0 aromatic heterocycles. The Bertz CT molecular complexity index is 568. The van der Waals surface area contributed by atoms with Gasteiger partial charge in [0.15, 0.2) is 11.5 Å². The zero-order valence-corrected chi connectivity index (χ0v) is 15.0. The lowest BCUT2D eigenvalue weighted by Gasteiger charge is -2.25. The SMILES string of the molecule is C=C/C=C(\C)C(C)C(CCOc1ccc2c(c1)OCO2)CNCC. The maximum atomic E-state index is 5.93. The van der Waals surface area contributed by atoms with Crippen molar-refractivity contribution in [3.05, 3.63) is 42.5 Å². The van der Waals surface area contributed by atoms with Crippen molar-refractivity contribution in [1.29, 1.82) is 0 Å². The van der Waals surface area contributed by atoms with E-state index in [1.807, 2.05) is 24.3 Å². The van der Waals surface area contributed by atoms with Crippen LogP contribution in [0.5, 0.6) is 17.2 Å². The molecule has 4 heteroatoms. The molecule has 1 aliphatic heterocycles. The number of hydrogen-bond acceptors (Lipinski definition) is 4. The zero-order valence-electron chi connectivity index (χ0n) is 15.0. The summed E-state index contributed by atoms with van der Waals surface area (Å²) in [7, 11) is 0. The van der Waals surface area contributed by atoms with E-state index in [9.17, 15) is 0 Å². The van der Waals surface area contributed by atoms with Crippen molar-refractivity contribution in [3.63, 3.8) is 0 Å². The van der Waals surface area contributed by atoms with Gasteiger partial charge in [-0.1, -0.05) is 38.2 Å². The fourth-order valence-corrected chi connectivity index (χ4v) is 2.86. The normalized spacial score (nSPS) is 15.9. The topological polar surface area (TPSA) is 39.7 Å². The number of allylic oxidation sites excluding steroid dienone is 3. The van der Waals surface area contributed by atoms with Gasteiger partial charge in [-0.2, -0.15) is 0 Å². The Morgan fingerprint density at radius 2 is 2.17 bits per heavy atom. The Kier molecular flexibility index (Phi) is 7.19. The first-order valence-corrected chi connectivity index (χ1v) is 8.68. The van der Waals surface area contributed by atoms with E-state index < -0.39 is 0 Å². The molecule has 2 atom stereocenters. The molecule has 1 aromatic rings. The molecule has 0 fully saturated rings. The highest BCUT2D eigenvalue weighted by Crippen LogP contribution is 2.35. The number of benzene rings is 1. The summed E-state index contributed by atoms with van der Waals surface area (Å²) >= 11 is 0. The standard InChI is InChI=1S/C20H29NO3/c1-5-7-15(3)16(4)17(13-21-6-2)10-11-22-18-8-9-19-20(12-18)24-14-23-19/h5,7-9,12,16-17,21H,1,6,10-11,13-14H2,2-4H3/b15-7+. The summed E-state index contributed by atoms with van der Waals surface area (Å²) in [5.74, 6) is 3.38. The average Bonchev–Trinajstić information content (AvgIpc) is 3.05. The predicted octanol–water partition coefficient (Wildman–Crippen LogP) is 4.18. The molecule has 0 bridgehead atoms. The van der Waals surface area contributed by atoms with Gasteiger partial charge in [-0.15, -0.1) is 0 Å². The first-order valence-electron chi connectivity index (χ1n) is 8.68. The van der Waals surface area contributed by atoms with E-state index in [4.69, 9.17) is 14.2 Å². The van der Waals surface area contributed by atoms with E-state index in [-0.39, 0.29) is 6.79 Å². The Balaban J connectivity index is 1.89. The largest absolute Gasteiger partial charge is 0.493 e. The van der Waals surface area contributed by atoms with E-state index in [0.717, 1.165) is 36.8 Å². The molecule has 0 saturated heterocycles. The lowest BCUT2D eigenvalue weighted by Crippen LogP contribution is -2.29. The molecule has 4 nitrogen and oxygen atoms in total. The van der Waals surface area contributed by atoms with Crippen LogP contribution in [0.1, 0.15) is 27.2 Å². The summed E-state index contributed by atoms with van der Waals surface area (Å²) < 4.78 is 16.6. The average molecular weight is 331 g/mol. The summed E-state index contributed by atoms with van der Waals surface area (Å²) in [5.41, 5.74) is 1.36. The van der Waals surface area contributed by atoms with Crippen LogP contribution in [0.15, 0.2) is 42.5 Å². The number of nitrogens with one attached hydrogen (secondary N) is 1. The molecular weight excluding hydrogens is 302 g/mol. The highest BCUT2D eigenvalue weighted by Gasteiger charge is 2.19. The minimum Gasteiger partial charge on any atom is -0.493 e. The van der Waals surface area contributed by atoms with Crippen LogP contribution in [0.25, 0.3) is 0 Å². The third kappa shape index (κ3) is 5.03. The number of ether oxygens (including phenoxy) is 3. The second kappa shape index (κ2) is 9.38. The molecular formula is C20H29NO3. The van der Waals surface area contributed by atoms with E-state index >= 15 is 0 Å². The fraction of sp³-hybridized carbons (Fsp3) is 0.500. The molecule has 0 radical (unpaired) electrons. The molecule has 132 valence electrons. The van der Waals surface area contributed by atoms with Crippen LogP contribution in [0.2, 0.25) is 0 Å². The van der Waals surface area contributed by atoms with Crippen molar-refractivity contribution in [2.45, 2.75) is 27.2 Å². The molecule has 2 rings (SSSR count). The minimum absolute atomic E-state index is 0.288. The highest BCUT2D eigenvalue weighted by molar-refractivity contribution is 5.46. The van der Waals surface area contributed by atoms with Crippen molar-refractivity contribution in [3.8, 4) is 17.2 Å².